The molecule has 2 rings (SSSR count). The highest BCUT2D eigenvalue weighted by Crippen LogP contribution is 2.34. The molecule has 0 atom stereocenters. The van der Waals surface area contributed by atoms with Gasteiger partial charge in [-0.3, -0.25) is 0 Å². The number of hydrogen-bond acceptors (Lipinski definition) is 4. The van der Waals surface area contributed by atoms with Crippen LogP contribution in [-0.2, 0) is 0 Å². The summed E-state index contributed by atoms with van der Waals surface area (Å²) in [4.78, 5) is 11.2. The fourth-order valence-corrected chi connectivity index (χ4v) is 1.80. The van der Waals surface area contributed by atoms with Crippen molar-refractivity contribution in [2.24, 2.45) is 0 Å². The van der Waals surface area contributed by atoms with Gasteiger partial charge in [0.2, 0.25) is 0 Å². The molecule has 18 heavy (non-hydrogen) atoms. The lowest BCUT2D eigenvalue weighted by molar-refractivity contribution is 0.0696. The third-order valence-electron chi connectivity index (χ3n) is 2.68. The van der Waals surface area contributed by atoms with Crippen molar-refractivity contribution >= 4 is 5.97 Å². The minimum atomic E-state index is -1.06. The van der Waals surface area contributed by atoms with Crippen molar-refractivity contribution < 1.29 is 19.2 Å². The van der Waals surface area contributed by atoms with Crippen LogP contribution in [0, 0.1) is 13.8 Å². The lowest BCUT2D eigenvalue weighted by Crippen LogP contribution is -2.00. The van der Waals surface area contributed by atoms with Crippen molar-refractivity contribution in [3.8, 4) is 17.1 Å². The highest BCUT2D eigenvalue weighted by Gasteiger charge is 2.23. The standard InChI is InChI=1S/C13H13NO4/c1-7-4-5-10(17-3)9(6-7)12-11(13(15)16)8(2)14-18-12/h4-6H,1-3H3,(H,15,16). The molecule has 1 N–H and O–H groups in total. The Kier molecular flexibility index (Phi) is 3.06. The maximum atomic E-state index is 11.2. The second-order valence-corrected chi connectivity index (χ2v) is 3.98. The molecule has 1 aromatic heterocycles. The van der Waals surface area contributed by atoms with Crippen LogP contribution in [0.2, 0.25) is 0 Å². The van der Waals surface area contributed by atoms with Crippen LogP contribution in [0.5, 0.6) is 5.75 Å². The first-order valence-electron chi connectivity index (χ1n) is 5.39. The van der Waals surface area contributed by atoms with Gasteiger partial charge in [0, 0.05) is 0 Å². The SMILES string of the molecule is COc1ccc(C)cc1-c1onc(C)c1C(=O)O. The Hall–Kier alpha value is -2.30. The predicted octanol–water partition coefficient (Wildman–Crippen LogP) is 2.67. The molecule has 1 aromatic carbocycles. The highest BCUT2D eigenvalue weighted by molar-refractivity contribution is 5.96. The van der Waals surface area contributed by atoms with Crippen LogP contribution >= 0.6 is 0 Å². The molecule has 0 aliphatic rings. The van der Waals surface area contributed by atoms with Crippen LogP contribution in [0.25, 0.3) is 11.3 Å². The summed E-state index contributed by atoms with van der Waals surface area (Å²) in [6.07, 6.45) is 0. The van der Waals surface area contributed by atoms with E-state index < -0.39 is 5.97 Å². The lowest BCUT2D eigenvalue weighted by Gasteiger charge is -2.07. The molecule has 0 amide bonds. The first-order valence-corrected chi connectivity index (χ1v) is 5.39. The van der Waals surface area contributed by atoms with Gasteiger partial charge in [-0.2, -0.15) is 0 Å². The van der Waals surface area contributed by atoms with Crippen LogP contribution < -0.4 is 4.74 Å². The maximum Gasteiger partial charge on any atom is 0.341 e. The first-order chi connectivity index (χ1) is 8.54. The van der Waals surface area contributed by atoms with E-state index in [1.807, 2.05) is 19.1 Å². The lowest BCUT2D eigenvalue weighted by atomic mass is 10.0. The minimum Gasteiger partial charge on any atom is -0.496 e. The molecule has 94 valence electrons. The number of aromatic carboxylic acids is 1. The van der Waals surface area contributed by atoms with E-state index in [-0.39, 0.29) is 11.3 Å². The number of nitrogens with zero attached hydrogens (tertiary/aromatic N) is 1. The first kappa shape index (κ1) is 12.2. The van der Waals surface area contributed by atoms with Crippen molar-refractivity contribution in [2.45, 2.75) is 13.8 Å². The number of aromatic nitrogens is 1. The Balaban J connectivity index is 2.69. The van der Waals surface area contributed by atoms with E-state index >= 15 is 0 Å². The molecular weight excluding hydrogens is 234 g/mol. The van der Waals surface area contributed by atoms with Crippen LogP contribution in [0.15, 0.2) is 22.7 Å². The zero-order valence-electron chi connectivity index (χ0n) is 10.4. The quantitative estimate of drug-likeness (QED) is 0.902. The monoisotopic (exact) mass is 247 g/mol. The van der Waals surface area contributed by atoms with Gasteiger partial charge in [-0.05, 0) is 26.0 Å². The van der Waals surface area contributed by atoms with Crippen LogP contribution in [-0.4, -0.2) is 23.3 Å². The van der Waals surface area contributed by atoms with E-state index in [9.17, 15) is 9.90 Å². The molecule has 0 unspecified atom stereocenters. The maximum absolute atomic E-state index is 11.2. The molecule has 2 aromatic rings. The summed E-state index contributed by atoms with van der Waals surface area (Å²) >= 11 is 0. The van der Waals surface area contributed by atoms with Crippen LogP contribution in [0.1, 0.15) is 21.6 Å². The van der Waals surface area contributed by atoms with E-state index in [0.717, 1.165) is 5.56 Å². The zero-order chi connectivity index (χ0) is 13.3. The summed E-state index contributed by atoms with van der Waals surface area (Å²) in [7, 11) is 1.53. The van der Waals surface area contributed by atoms with Gasteiger partial charge in [0.15, 0.2) is 5.76 Å². The van der Waals surface area contributed by atoms with E-state index in [2.05, 4.69) is 5.16 Å². The molecule has 0 aliphatic carbocycles. The Morgan fingerprint density at radius 2 is 2.11 bits per heavy atom. The summed E-state index contributed by atoms with van der Waals surface area (Å²) < 4.78 is 10.3. The molecule has 1 heterocycles. The van der Waals surface area contributed by atoms with Gasteiger partial charge in [-0.25, -0.2) is 4.79 Å². The molecule has 5 nitrogen and oxygen atoms in total. The van der Waals surface area contributed by atoms with Gasteiger partial charge < -0.3 is 14.4 Å². The number of carboxylic acids is 1. The Bertz CT molecular complexity index is 601. The largest absolute Gasteiger partial charge is 0.496 e. The summed E-state index contributed by atoms with van der Waals surface area (Å²) in [6.45, 7) is 3.51. The minimum absolute atomic E-state index is 0.0684. The van der Waals surface area contributed by atoms with Crippen molar-refractivity contribution in [3.05, 3.63) is 35.0 Å². The fourth-order valence-electron chi connectivity index (χ4n) is 1.80. The molecular formula is C13H13NO4. The number of carboxylic acid groups (broad SMARTS) is 1. The smallest absolute Gasteiger partial charge is 0.341 e. The molecule has 5 heteroatoms. The third-order valence-corrected chi connectivity index (χ3v) is 2.68. The van der Waals surface area contributed by atoms with Crippen LogP contribution in [0.4, 0.5) is 0 Å². The van der Waals surface area contributed by atoms with Crippen molar-refractivity contribution in [2.75, 3.05) is 7.11 Å². The van der Waals surface area contributed by atoms with E-state index in [0.29, 0.717) is 17.0 Å². The second-order valence-electron chi connectivity index (χ2n) is 3.98. The fraction of sp³-hybridized carbons (Fsp3) is 0.231. The van der Waals surface area contributed by atoms with Gasteiger partial charge in [0.05, 0.1) is 18.4 Å². The Morgan fingerprint density at radius 1 is 1.39 bits per heavy atom. The summed E-state index contributed by atoms with van der Waals surface area (Å²) in [5.41, 5.74) is 1.99. The molecule has 0 fully saturated rings. The normalized spacial score (nSPS) is 10.4. The summed E-state index contributed by atoms with van der Waals surface area (Å²) in [5, 5.41) is 12.9. The van der Waals surface area contributed by atoms with Gasteiger partial charge in [0.25, 0.3) is 0 Å². The van der Waals surface area contributed by atoms with Gasteiger partial charge in [-0.1, -0.05) is 16.8 Å². The van der Waals surface area contributed by atoms with E-state index in [4.69, 9.17) is 9.26 Å². The highest BCUT2D eigenvalue weighted by atomic mass is 16.5. The molecule has 0 saturated carbocycles. The number of hydrogen-bond donors (Lipinski definition) is 1. The van der Waals surface area contributed by atoms with Gasteiger partial charge in [0.1, 0.15) is 11.3 Å². The Morgan fingerprint density at radius 3 is 2.72 bits per heavy atom. The average molecular weight is 247 g/mol. The number of aryl methyl sites for hydroxylation is 2. The number of rotatable bonds is 3. The van der Waals surface area contributed by atoms with Crippen LogP contribution in [0.3, 0.4) is 0 Å². The topological polar surface area (TPSA) is 72.6 Å². The molecule has 0 spiro atoms. The van der Waals surface area contributed by atoms with Crippen molar-refractivity contribution in [3.63, 3.8) is 0 Å². The average Bonchev–Trinajstić information content (AvgIpc) is 2.71. The number of carbonyl (C=O) groups is 1. The number of ether oxygens (including phenoxy) is 1. The van der Waals surface area contributed by atoms with E-state index in [1.54, 1.807) is 13.0 Å². The molecule has 0 saturated heterocycles. The predicted molar refractivity (Wildman–Crippen MR) is 64.9 cm³/mol. The summed E-state index contributed by atoms with van der Waals surface area (Å²) in [6, 6.07) is 5.46. The molecule has 0 aliphatic heterocycles. The Labute approximate surface area is 104 Å². The molecule has 0 radical (unpaired) electrons. The van der Waals surface area contributed by atoms with Crippen molar-refractivity contribution in [1.82, 2.24) is 5.16 Å². The number of benzene rings is 1. The third kappa shape index (κ3) is 1.95. The zero-order valence-corrected chi connectivity index (χ0v) is 10.4. The van der Waals surface area contributed by atoms with Gasteiger partial charge in [-0.15, -0.1) is 0 Å². The van der Waals surface area contributed by atoms with E-state index in [1.165, 1.54) is 7.11 Å². The van der Waals surface area contributed by atoms with Gasteiger partial charge >= 0.3 is 5.97 Å². The second kappa shape index (κ2) is 4.52. The summed E-state index contributed by atoms with van der Waals surface area (Å²) in [5.74, 6) is -0.285. The van der Waals surface area contributed by atoms with Crippen molar-refractivity contribution in [1.29, 1.82) is 0 Å². The number of methoxy groups -OCH3 is 1. The molecule has 0 bridgehead atoms.